The molecule has 0 radical (unpaired) electrons. The Morgan fingerprint density at radius 1 is 0.395 bits per heavy atom. The van der Waals surface area contributed by atoms with Gasteiger partial charge in [0, 0.05) is 64.1 Å². The lowest BCUT2D eigenvalue weighted by atomic mass is 9.71. The summed E-state index contributed by atoms with van der Waals surface area (Å²) in [6, 6.07) is 30.9. The molecule has 4 saturated carbocycles. The van der Waals surface area contributed by atoms with Crippen LogP contribution in [0.4, 0.5) is 0 Å². The van der Waals surface area contributed by atoms with E-state index in [1.54, 1.807) is 39.5 Å². The van der Waals surface area contributed by atoms with E-state index in [-0.39, 0.29) is 22.9 Å². The van der Waals surface area contributed by atoms with Gasteiger partial charge in [0.15, 0.2) is 0 Å². The van der Waals surface area contributed by atoms with Crippen molar-refractivity contribution >= 4 is 0 Å². The van der Waals surface area contributed by atoms with Crippen LogP contribution in [0.2, 0.25) is 0 Å². The van der Waals surface area contributed by atoms with Crippen molar-refractivity contribution in [1.82, 2.24) is 19.6 Å². The van der Waals surface area contributed by atoms with Crippen LogP contribution in [0.5, 0.6) is 23.0 Å². The van der Waals surface area contributed by atoms with Crippen molar-refractivity contribution in [2.24, 2.45) is 23.7 Å². The summed E-state index contributed by atoms with van der Waals surface area (Å²) in [7, 11) is 23.8. The Morgan fingerprint density at radius 3 is 1.07 bits per heavy atom. The zero-order valence-corrected chi connectivity index (χ0v) is 48.9. The lowest BCUT2D eigenvalue weighted by molar-refractivity contribution is -0.0953. The number of hydrogen-bond donors (Lipinski definition) is 4. The Bertz CT molecular complexity index is 2310. The largest absolute Gasteiger partial charge is 0.508 e. The first-order valence-electron chi connectivity index (χ1n) is 28.3. The summed E-state index contributed by atoms with van der Waals surface area (Å²) in [5.41, 5.74) is 2.30. The van der Waals surface area contributed by atoms with Crippen molar-refractivity contribution < 1.29 is 39.4 Å². The van der Waals surface area contributed by atoms with Crippen molar-refractivity contribution in [3.63, 3.8) is 0 Å². The maximum atomic E-state index is 11.2. The van der Waals surface area contributed by atoms with E-state index < -0.39 is 11.2 Å². The quantitative estimate of drug-likeness (QED) is 0.0852. The minimum atomic E-state index is -0.790. The van der Waals surface area contributed by atoms with Gasteiger partial charge in [0.2, 0.25) is 0 Å². The summed E-state index contributed by atoms with van der Waals surface area (Å²) in [4.78, 5) is 8.79. The van der Waals surface area contributed by atoms with Gasteiger partial charge < -0.3 is 59.0 Å². The van der Waals surface area contributed by atoms with Crippen LogP contribution in [0, 0.1) is 23.7 Å². The molecule has 0 aliphatic heterocycles. The average Bonchev–Trinajstić information content (AvgIpc) is 3.42. The highest BCUT2D eigenvalue weighted by atomic mass is 16.5. The van der Waals surface area contributed by atoms with Gasteiger partial charge in [0.1, 0.15) is 23.0 Å². The number of rotatable bonds is 16. The van der Waals surface area contributed by atoms with Gasteiger partial charge >= 0.3 is 0 Å². The smallest absolute Gasteiger partial charge is 0.119 e. The molecule has 0 bridgehead atoms. The number of phenolic OH excluding ortho intramolecular Hbond substituents is 2. The van der Waals surface area contributed by atoms with Gasteiger partial charge in [-0.3, -0.25) is 0 Å². The summed E-state index contributed by atoms with van der Waals surface area (Å²) in [6.45, 7) is 3.88. The van der Waals surface area contributed by atoms with Crippen LogP contribution in [0.1, 0.15) is 125 Å². The molecule has 12 nitrogen and oxygen atoms in total. The third kappa shape index (κ3) is 16.4. The molecule has 4 aromatic carbocycles. The number of phenols is 2. The predicted molar refractivity (Wildman–Crippen MR) is 309 cm³/mol. The van der Waals surface area contributed by atoms with Crippen LogP contribution in [0.15, 0.2) is 97.1 Å². The maximum Gasteiger partial charge on any atom is 0.119 e. The number of benzene rings is 4. The van der Waals surface area contributed by atoms with E-state index in [0.29, 0.717) is 23.5 Å². The lowest BCUT2D eigenvalue weighted by Crippen LogP contribution is -2.44. The van der Waals surface area contributed by atoms with Gasteiger partial charge in [-0.2, -0.15) is 0 Å². The summed E-state index contributed by atoms with van der Waals surface area (Å²) in [6.07, 6.45) is 17.8. The van der Waals surface area contributed by atoms with Crippen LogP contribution in [0.25, 0.3) is 0 Å². The molecule has 0 spiro atoms. The first-order valence-corrected chi connectivity index (χ1v) is 28.3. The zero-order chi connectivity index (χ0) is 55.5. The van der Waals surface area contributed by atoms with Gasteiger partial charge in [0.05, 0.1) is 36.6 Å². The summed E-state index contributed by atoms with van der Waals surface area (Å²) < 4.78 is 22.8. The van der Waals surface area contributed by atoms with E-state index in [1.165, 1.54) is 56.9 Å². The van der Waals surface area contributed by atoms with Crippen LogP contribution in [0.3, 0.4) is 0 Å². The van der Waals surface area contributed by atoms with Crippen molar-refractivity contribution in [2.45, 2.75) is 125 Å². The first kappa shape index (κ1) is 62.6. The molecule has 4 aromatic rings. The van der Waals surface area contributed by atoms with E-state index in [1.807, 2.05) is 75.8 Å². The Labute approximate surface area is 459 Å². The Kier molecular flexibility index (Phi) is 24.4. The number of hydrogen-bond acceptors (Lipinski definition) is 12. The molecule has 4 aliphatic carbocycles. The molecule has 424 valence electrons. The Hall–Kier alpha value is -4.24. The second-order valence-electron chi connectivity index (χ2n) is 23.4. The van der Waals surface area contributed by atoms with E-state index in [4.69, 9.17) is 18.9 Å². The molecule has 0 aromatic heterocycles. The van der Waals surface area contributed by atoms with Crippen molar-refractivity contribution in [3.8, 4) is 23.0 Å². The highest BCUT2D eigenvalue weighted by Gasteiger charge is 2.45. The fraction of sp³-hybridized carbons (Fsp3) is 0.625. The maximum absolute atomic E-state index is 11.2. The van der Waals surface area contributed by atoms with Crippen molar-refractivity contribution in [3.05, 3.63) is 119 Å². The molecule has 0 saturated heterocycles. The number of methoxy groups -OCH3 is 4. The highest BCUT2D eigenvalue weighted by Crippen LogP contribution is 2.48. The zero-order valence-electron chi connectivity index (χ0n) is 48.9. The van der Waals surface area contributed by atoms with Crippen LogP contribution in [-0.2, 0) is 31.9 Å². The topological polar surface area (TPSA) is 131 Å². The molecular weight excluding hydrogens is 953 g/mol. The molecule has 4 fully saturated rings. The lowest BCUT2D eigenvalue weighted by Gasteiger charge is -2.44. The SMILES string of the molecule is CN(C)CC1CCCCC1(O)c1cccc(O)c1.COC1(c2cccc(O)c2)CCCCC1CN(C)C.COc1cccc(C2(O)CCCCC2CN(C)C)c1.COc1cccc(C2(OC)CCCCC2CN(C)C)c1. The van der Waals surface area contributed by atoms with E-state index >= 15 is 0 Å². The van der Waals surface area contributed by atoms with Gasteiger partial charge in [-0.1, -0.05) is 99.9 Å². The number of nitrogens with zero attached hydrogens (tertiary/aromatic N) is 4. The van der Waals surface area contributed by atoms with Crippen LogP contribution < -0.4 is 9.47 Å². The Balaban J connectivity index is 0.000000187. The molecule has 0 heterocycles. The fourth-order valence-corrected chi connectivity index (χ4v) is 13.2. The molecule has 8 atom stereocenters. The second-order valence-corrected chi connectivity index (χ2v) is 23.4. The minimum Gasteiger partial charge on any atom is -0.508 e. The fourth-order valence-electron chi connectivity index (χ4n) is 13.2. The van der Waals surface area contributed by atoms with E-state index in [0.717, 1.165) is 106 Å². The standard InChI is InChI=1S/C17H27NO2.2C16H25NO2.C15H23NO2/c1-18(2)13-15-8-5-6-11-17(15,20-4)14-9-7-10-16(12-14)19-3;1-17(2)12-14-7-4-5-10-16(14,18)13-8-6-9-15(11-13)19-3;1-17(2)12-14-7-4-5-10-16(14,19-3)13-8-6-9-15(18)11-13;1-16(2)11-13-6-3-4-9-15(13,18)12-7-5-8-14(17)10-12/h7,9-10,12,15H,5-6,8,11,13H2,1-4H3;2*6,8-9,11,14,18H,4-5,7,10,12H2,1-3H3;5,7-8,10,13,17-18H,3-4,6,9,11H2,1-2H3. The van der Waals surface area contributed by atoms with E-state index in [2.05, 4.69) is 86.2 Å². The van der Waals surface area contributed by atoms with Crippen molar-refractivity contribution in [1.29, 1.82) is 0 Å². The van der Waals surface area contributed by atoms with Gasteiger partial charge in [-0.15, -0.1) is 0 Å². The summed E-state index contributed by atoms with van der Waals surface area (Å²) >= 11 is 0. The van der Waals surface area contributed by atoms with Gasteiger partial charge in [-0.25, -0.2) is 0 Å². The highest BCUT2D eigenvalue weighted by molar-refractivity contribution is 5.36. The van der Waals surface area contributed by atoms with Gasteiger partial charge in [0.25, 0.3) is 0 Å². The van der Waals surface area contributed by atoms with Crippen LogP contribution in [-0.4, -0.2) is 151 Å². The predicted octanol–water partition coefficient (Wildman–Crippen LogP) is 11.2. The molecular formula is C64H100N4O8. The molecule has 4 aliphatic rings. The Morgan fingerprint density at radius 2 is 0.697 bits per heavy atom. The number of ether oxygens (including phenoxy) is 4. The molecule has 12 heteroatoms. The molecule has 76 heavy (non-hydrogen) atoms. The van der Waals surface area contributed by atoms with Gasteiger partial charge in [-0.05, 0) is 179 Å². The van der Waals surface area contributed by atoms with E-state index in [9.17, 15) is 20.4 Å². The molecule has 0 amide bonds. The van der Waals surface area contributed by atoms with Crippen molar-refractivity contribution in [2.75, 3.05) is 111 Å². The number of aliphatic hydroxyl groups is 2. The van der Waals surface area contributed by atoms with Crippen LogP contribution >= 0.6 is 0 Å². The second kappa shape index (κ2) is 29.7. The first-order chi connectivity index (χ1) is 36.3. The normalized spacial score (nSPS) is 27.6. The molecule has 8 unspecified atom stereocenters. The minimum absolute atomic E-state index is 0.170. The number of aromatic hydroxyl groups is 2. The average molecular weight is 1050 g/mol. The molecule has 4 N–H and O–H groups in total. The third-order valence-corrected chi connectivity index (χ3v) is 17.0. The summed E-state index contributed by atoms with van der Waals surface area (Å²) in [5.74, 6) is 3.82. The molecule has 8 rings (SSSR count). The monoisotopic (exact) mass is 1050 g/mol. The summed E-state index contributed by atoms with van der Waals surface area (Å²) in [5, 5.41) is 41.6. The third-order valence-electron chi connectivity index (χ3n) is 17.0.